The molecular weight excluding hydrogens is 290 g/mol. The number of nitrogens with one attached hydrogen (secondary N) is 1. The van der Waals surface area contributed by atoms with Gasteiger partial charge in [0, 0.05) is 25.2 Å². The Kier molecular flexibility index (Phi) is 4.10. The van der Waals surface area contributed by atoms with E-state index in [4.69, 9.17) is 16.1 Å². The van der Waals surface area contributed by atoms with E-state index in [1.807, 2.05) is 24.3 Å². The highest BCUT2D eigenvalue weighted by atomic mass is 35.5. The van der Waals surface area contributed by atoms with Gasteiger partial charge in [-0.25, -0.2) is 0 Å². The van der Waals surface area contributed by atoms with E-state index in [1.165, 1.54) is 6.26 Å². The fourth-order valence-corrected chi connectivity index (χ4v) is 2.87. The van der Waals surface area contributed by atoms with Gasteiger partial charge in [0.2, 0.25) is 0 Å². The van der Waals surface area contributed by atoms with E-state index in [2.05, 4.69) is 15.4 Å². The minimum absolute atomic E-state index is 0.0826. The molecule has 1 saturated heterocycles. The van der Waals surface area contributed by atoms with Crippen LogP contribution >= 0.6 is 11.6 Å². The first-order valence-electron chi connectivity index (χ1n) is 6.95. The Hall–Kier alpha value is -2.01. The van der Waals surface area contributed by atoms with Gasteiger partial charge in [-0.2, -0.15) is 0 Å². The largest absolute Gasteiger partial charge is 0.368 e. The predicted molar refractivity (Wildman–Crippen MR) is 80.7 cm³/mol. The maximum atomic E-state index is 12.0. The summed E-state index contributed by atoms with van der Waals surface area (Å²) < 4.78 is 4.69. The normalized spacial score (nSPS) is 18.5. The van der Waals surface area contributed by atoms with Crippen LogP contribution in [-0.2, 0) is 0 Å². The second-order valence-corrected chi connectivity index (χ2v) is 5.50. The number of carbonyl (C=O) groups excluding carboxylic acids is 1. The highest BCUT2D eigenvalue weighted by molar-refractivity contribution is 6.33. The van der Waals surface area contributed by atoms with E-state index < -0.39 is 0 Å². The average molecular weight is 306 g/mol. The number of amides is 1. The number of halogens is 1. The average Bonchev–Trinajstić information content (AvgIpc) is 3.02. The van der Waals surface area contributed by atoms with E-state index in [0.29, 0.717) is 5.69 Å². The maximum Gasteiger partial charge on any atom is 0.273 e. The van der Waals surface area contributed by atoms with Crippen LogP contribution in [-0.4, -0.2) is 30.2 Å². The number of anilines is 1. The molecule has 1 atom stereocenters. The molecule has 0 unspecified atom stereocenters. The molecule has 1 aromatic heterocycles. The molecule has 3 rings (SSSR count). The number of hydrogen-bond acceptors (Lipinski definition) is 4. The van der Waals surface area contributed by atoms with Crippen molar-refractivity contribution in [3.05, 3.63) is 47.3 Å². The summed E-state index contributed by atoms with van der Waals surface area (Å²) in [7, 11) is 0. The molecule has 1 amide bonds. The summed E-state index contributed by atoms with van der Waals surface area (Å²) in [4.78, 5) is 14.2. The zero-order chi connectivity index (χ0) is 14.7. The van der Waals surface area contributed by atoms with Crippen molar-refractivity contribution < 1.29 is 9.32 Å². The lowest BCUT2D eigenvalue weighted by Crippen LogP contribution is -2.48. The van der Waals surface area contributed by atoms with Crippen LogP contribution in [0.5, 0.6) is 0 Å². The van der Waals surface area contributed by atoms with Crippen LogP contribution in [0.2, 0.25) is 5.02 Å². The van der Waals surface area contributed by atoms with Crippen molar-refractivity contribution >= 4 is 23.2 Å². The third-order valence-corrected chi connectivity index (χ3v) is 3.94. The molecule has 6 heteroatoms. The molecule has 0 spiro atoms. The number of aromatic nitrogens is 1. The van der Waals surface area contributed by atoms with E-state index in [9.17, 15) is 4.79 Å². The lowest BCUT2D eigenvalue weighted by atomic mass is 10.0. The molecule has 21 heavy (non-hydrogen) atoms. The number of hydrogen-bond donors (Lipinski definition) is 1. The van der Waals surface area contributed by atoms with Crippen LogP contribution in [0.25, 0.3) is 0 Å². The van der Waals surface area contributed by atoms with Gasteiger partial charge in [-0.1, -0.05) is 28.9 Å². The molecule has 1 aliphatic rings. The summed E-state index contributed by atoms with van der Waals surface area (Å²) in [5, 5.41) is 7.38. The number of nitrogens with zero attached hydrogens (tertiary/aromatic N) is 2. The van der Waals surface area contributed by atoms with Gasteiger partial charge in [-0.05, 0) is 25.0 Å². The van der Waals surface area contributed by atoms with Crippen LogP contribution in [0.3, 0.4) is 0 Å². The third-order valence-electron chi connectivity index (χ3n) is 3.62. The number of para-hydroxylation sites is 1. The van der Waals surface area contributed by atoms with Gasteiger partial charge in [-0.3, -0.25) is 4.79 Å². The van der Waals surface area contributed by atoms with E-state index in [1.54, 1.807) is 6.07 Å². The smallest absolute Gasteiger partial charge is 0.273 e. The molecule has 110 valence electrons. The first kappa shape index (κ1) is 13.9. The van der Waals surface area contributed by atoms with Gasteiger partial charge in [-0.15, -0.1) is 0 Å². The lowest BCUT2D eigenvalue weighted by molar-refractivity contribution is 0.0924. The molecule has 2 heterocycles. The van der Waals surface area contributed by atoms with Gasteiger partial charge in [0.05, 0.1) is 10.7 Å². The maximum absolute atomic E-state index is 12.0. The summed E-state index contributed by atoms with van der Waals surface area (Å²) in [6.45, 7) is 1.69. The number of benzene rings is 1. The second-order valence-electron chi connectivity index (χ2n) is 5.09. The molecule has 1 N–H and O–H groups in total. The third kappa shape index (κ3) is 3.19. The fraction of sp³-hybridized carbons (Fsp3) is 0.333. The molecule has 5 nitrogen and oxygen atoms in total. The van der Waals surface area contributed by atoms with Crippen molar-refractivity contribution in [1.82, 2.24) is 10.5 Å². The molecule has 0 bridgehead atoms. The fourth-order valence-electron chi connectivity index (χ4n) is 2.61. The Balaban J connectivity index is 1.66. The number of piperidine rings is 1. The van der Waals surface area contributed by atoms with Gasteiger partial charge in [0.1, 0.15) is 6.26 Å². The zero-order valence-corrected chi connectivity index (χ0v) is 12.2. The topological polar surface area (TPSA) is 58.4 Å². The minimum atomic E-state index is -0.199. The summed E-state index contributed by atoms with van der Waals surface area (Å²) in [6, 6.07) is 9.42. The number of carbonyl (C=O) groups is 1. The van der Waals surface area contributed by atoms with Crippen LogP contribution in [0.4, 0.5) is 5.69 Å². The van der Waals surface area contributed by atoms with Gasteiger partial charge < -0.3 is 14.7 Å². The Morgan fingerprint density at radius 2 is 2.24 bits per heavy atom. The summed E-state index contributed by atoms with van der Waals surface area (Å²) in [5.41, 5.74) is 1.32. The zero-order valence-electron chi connectivity index (χ0n) is 11.5. The van der Waals surface area contributed by atoms with Gasteiger partial charge in [0.15, 0.2) is 5.69 Å². The Morgan fingerprint density at radius 1 is 1.38 bits per heavy atom. The summed E-state index contributed by atoms with van der Waals surface area (Å²) in [6.07, 6.45) is 3.35. The molecule has 0 radical (unpaired) electrons. The van der Waals surface area contributed by atoms with Crippen molar-refractivity contribution in [2.45, 2.75) is 18.9 Å². The van der Waals surface area contributed by atoms with Gasteiger partial charge >= 0.3 is 0 Å². The number of rotatable bonds is 3. The SMILES string of the molecule is O=C(N[C@H]1CCCN(c2ccccc2Cl)C1)c1ccon1. The molecule has 1 aromatic carbocycles. The van der Waals surface area contributed by atoms with E-state index >= 15 is 0 Å². The van der Waals surface area contributed by atoms with Crippen LogP contribution in [0, 0.1) is 0 Å². The quantitative estimate of drug-likeness (QED) is 0.947. The first-order chi connectivity index (χ1) is 10.2. The lowest BCUT2D eigenvalue weighted by Gasteiger charge is -2.35. The van der Waals surface area contributed by atoms with Crippen LogP contribution in [0.15, 0.2) is 41.1 Å². The monoisotopic (exact) mass is 305 g/mol. The summed E-state index contributed by atoms with van der Waals surface area (Å²) in [5.74, 6) is -0.199. The highest BCUT2D eigenvalue weighted by Gasteiger charge is 2.23. The summed E-state index contributed by atoms with van der Waals surface area (Å²) >= 11 is 6.24. The Labute approximate surface area is 127 Å². The second kappa shape index (κ2) is 6.18. The molecule has 0 saturated carbocycles. The van der Waals surface area contributed by atoms with E-state index in [0.717, 1.165) is 36.6 Å². The molecule has 1 fully saturated rings. The minimum Gasteiger partial charge on any atom is -0.368 e. The molecule has 0 aliphatic carbocycles. The standard InChI is InChI=1S/C15H16ClN3O2/c16-12-5-1-2-6-14(12)19-8-3-4-11(10-19)17-15(20)13-7-9-21-18-13/h1-2,5-7,9,11H,3-4,8,10H2,(H,17,20)/t11-/m0/s1. The first-order valence-corrected chi connectivity index (χ1v) is 7.32. The van der Waals surface area contributed by atoms with E-state index in [-0.39, 0.29) is 11.9 Å². The van der Waals surface area contributed by atoms with Crippen LogP contribution in [0.1, 0.15) is 23.3 Å². The Bertz CT molecular complexity index is 615. The molecular formula is C15H16ClN3O2. The van der Waals surface area contributed by atoms with Crippen molar-refractivity contribution in [1.29, 1.82) is 0 Å². The van der Waals surface area contributed by atoms with Crippen molar-refractivity contribution in [3.63, 3.8) is 0 Å². The Morgan fingerprint density at radius 3 is 3.00 bits per heavy atom. The predicted octanol–water partition coefficient (Wildman–Crippen LogP) is 2.73. The van der Waals surface area contributed by atoms with Crippen molar-refractivity contribution in [2.24, 2.45) is 0 Å². The molecule has 1 aliphatic heterocycles. The highest BCUT2D eigenvalue weighted by Crippen LogP contribution is 2.27. The molecule has 2 aromatic rings. The van der Waals surface area contributed by atoms with Gasteiger partial charge in [0.25, 0.3) is 5.91 Å². The van der Waals surface area contributed by atoms with Crippen LogP contribution < -0.4 is 10.2 Å². The van der Waals surface area contributed by atoms with Crippen molar-refractivity contribution in [2.75, 3.05) is 18.0 Å². The van der Waals surface area contributed by atoms with Crippen molar-refractivity contribution in [3.8, 4) is 0 Å².